The van der Waals surface area contributed by atoms with Crippen LogP contribution in [0.25, 0.3) is 0 Å². The summed E-state index contributed by atoms with van der Waals surface area (Å²) >= 11 is 0. The van der Waals surface area contributed by atoms with E-state index >= 15 is 0 Å². The largest absolute Gasteiger partial charge is 0.381 e. The summed E-state index contributed by atoms with van der Waals surface area (Å²) in [5.74, 6) is 0.469. The average Bonchev–Trinajstić information content (AvgIpc) is 2.54. The summed E-state index contributed by atoms with van der Waals surface area (Å²) in [4.78, 5) is 6.82. The molecule has 0 atom stereocenters. The second kappa shape index (κ2) is 7.61. The number of aliphatic imine (C=N–C) groups is 1. The molecule has 3 N–H and O–H groups in total. The fraction of sp³-hybridized carbons (Fsp3) is 0.588. The highest BCUT2D eigenvalue weighted by atomic mass is 16.5. The van der Waals surface area contributed by atoms with Crippen LogP contribution in [-0.2, 0) is 11.2 Å². The molecule has 5 nitrogen and oxygen atoms in total. The predicted octanol–water partition coefficient (Wildman–Crippen LogP) is 2.09. The van der Waals surface area contributed by atoms with Crippen LogP contribution in [-0.4, -0.2) is 50.3 Å². The molecule has 1 aliphatic rings. The second-order valence-corrected chi connectivity index (χ2v) is 6.11. The molecule has 1 heterocycles. The second-order valence-electron chi connectivity index (χ2n) is 6.11. The summed E-state index contributed by atoms with van der Waals surface area (Å²) in [6.45, 7) is 4.42. The van der Waals surface area contributed by atoms with E-state index < -0.39 is 0 Å². The van der Waals surface area contributed by atoms with E-state index in [-0.39, 0.29) is 5.54 Å². The van der Waals surface area contributed by atoms with Gasteiger partial charge in [0.1, 0.15) is 0 Å². The summed E-state index contributed by atoms with van der Waals surface area (Å²) in [6.07, 6.45) is 3.02. The third kappa shape index (κ3) is 4.21. The van der Waals surface area contributed by atoms with E-state index in [0.29, 0.717) is 12.5 Å². The molecule has 0 unspecified atom stereocenters. The summed E-state index contributed by atoms with van der Waals surface area (Å²) in [6, 6.07) is 8.29. The Hall–Kier alpha value is -1.59. The number of nitrogens with two attached hydrogens (primary N) is 1. The molecule has 0 bridgehead atoms. The Morgan fingerprint density at radius 3 is 2.45 bits per heavy atom. The van der Waals surface area contributed by atoms with E-state index in [2.05, 4.69) is 48.4 Å². The monoisotopic (exact) mass is 304 g/mol. The standard InChI is InChI=1S/C17H28N4O/c1-4-14-5-7-15(8-6-14)20-16(18)19-13-17(21(2)3)9-11-22-12-10-17/h5-8H,4,9-13H2,1-3H3,(H3,18,19,20). The topological polar surface area (TPSA) is 62.9 Å². The molecule has 22 heavy (non-hydrogen) atoms. The van der Waals surface area contributed by atoms with Crippen molar-refractivity contribution in [1.82, 2.24) is 4.90 Å². The van der Waals surface area contributed by atoms with Gasteiger partial charge in [0, 0.05) is 24.4 Å². The predicted molar refractivity (Wildman–Crippen MR) is 92.4 cm³/mol. The Kier molecular flexibility index (Phi) is 5.80. The van der Waals surface area contributed by atoms with Crippen LogP contribution in [0, 0.1) is 0 Å². The van der Waals surface area contributed by atoms with Gasteiger partial charge in [-0.25, -0.2) is 0 Å². The van der Waals surface area contributed by atoms with Crippen LogP contribution in [0.4, 0.5) is 5.69 Å². The lowest BCUT2D eigenvalue weighted by atomic mass is 9.89. The zero-order valence-electron chi connectivity index (χ0n) is 13.9. The number of rotatable bonds is 5. The van der Waals surface area contributed by atoms with Crippen molar-refractivity contribution in [3.8, 4) is 0 Å². The number of likely N-dealkylation sites (N-methyl/N-ethyl adjacent to an activating group) is 1. The molecule has 0 saturated carbocycles. The molecule has 1 aromatic carbocycles. The van der Waals surface area contributed by atoms with Crippen molar-refractivity contribution in [2.24, 2.45) is 10.7 Å². The summed E-state index contributed by atoms with van der Waals surface area (Å²) < 4.78 is 5.48. The molecule has 1 saturated heterocycles. The number of aryl methyl sites for hydroxylation is 1. The van der Waals surface area contributed by atoms with Crippen LogP contribution in [0.1, 0.15) is 25.3 Å². The van der Waals surface area contributed by atoms with Crippen LogP contribution in [0.15, 0.2) is 29.3 Å². The number of guanidine groups is 1. The van der Waals surface area contributed by atoms with E-state index in [1.807, 2.05) is 12.1 Å². The SMILES string of the molecule is CCc1ccc(NC(N)=NCC2(N(C)C)CCOCC2)cc1. The molecule has 0 radical (unpaired) electrons. The fourth-order valence-electron chi connectivity index (χ4n) is 2.74. The van der Waals surface area contributed by atoms with Crippen LogP contribution in [0.2, 0.25) is 0 Å². The average molecular weight is 304 g/mol. The molecule has 0 aromatic heterocycles. The van der Waals surface area contributed by atoms with E-state index in [1.54, 1.807) is 0 Å². The number of benzene rings is 1. The minimum Gasteiger partial charge on any atom is -0.381 e. The number of anilines is 1. The van der Waals surface area contributed by atoms with Gasteiger partial charge in [-0.15, -0.1) is 0 Å². The molecule has 0 aliphatic carbocycles. The first kappa shape index (κ1) is 16.8. The van der Waals surface area contributed by atoms with E-state index in [0.717, 1.165) is 38.2 Å². The number of ether oxygens (including phenoxy) is 1. The van der Waals surface area contributed by atoms with Crippen LogP contribution in [0.3, 0.4) is 0 Å². The highest BCUT2D eigenvalue weighted by Crippen LogP contribution is 2.26. The van der Waals surface area contributed by atoms with Crippen LogP contribution < -0.4 is 11.1 Å². The first-order valence-electron chi connectivity index (χ1n) is 7.97. The molecule has 1 aromatic rings. The minimum absolute atomic E-state index is 0.0522. The Labute approximate surface area is 133 Å². The Balaban J connectivity index is 1.98. The van der Waals surface area contributed by atoms with Gasteiger partial charge < -0.3 is 20.7 Å². The molecule has 122 valence electrons. The van der Waals surface area contributed by atoms with E-state index in [9.17, 15) is 0 Å². The third-order valence-corrected chi connectivity index (χ3v) is 4.55. The molecule has 1 aliphatic heterocycles. The Bertz CT molecular complexity index is 490. The summed E-state index contributed by atoms with van der Waals surface area (Å²) in [5, 5.41) is 3.17. The smallest absolute Gasteiger partial charge is 0.193 e. The van der Waals surface area contributed by atoms with Gasteiger partial charge in [0.15, 0.2) is 5.96 Å². The van der Waals surface area contributed by atoms with Crippen molar-refractivity contribution in [3.05, 3.63) is 29.8 Å². The molecule has 0 spiro atoms. The quantitative estimate of drug-likeness (QED) is 0.646. The minimum atomic E-state index is 0.0522. The van der Waals surface area contributed by atoms with E-state index in [1.165, 1.54) is 5.56 Å². The van der Waals surface area contributed by atoms with Crippen molar-refractivity contribution in [2.75, 3.05) is 39.2 Å². The van der Waals surface area contributed by atoms with Gasteiger partial charge in [0.2, 0.25) is 0 Å². The van der Waals surface area contributed by atoms with Gasteiger partial charge >= 0.3 is 0 Å². The highest BCUT2D eigenvalue weighted by molar-refractivity contribution is 5.92. The maximum absolute atomic E-state index is 6.04. The van der Waals surface area contributed by atoms with Gasteiger partial charge in [0.25, 0.3) is 0 Å². The van der Waals surface area contributed by atoms with Gasteiger partial charge in [0.05, 0.1) is 6.54 Å². The zero-order chi connectivity index (χ0) is 16.0. The highest BCUT2D eigenvalue weighted by Gasteiger charge is 2.34. The van der Waals surface area contributed by atoms with Crippen molar-refractivity contribution in [2.45, 2.75) is 31.7 Å². The van der Waals surface area contributed by atoms with Gasteiger partial charge in [-0.1, -0.05) is 19.1 Å². The summed E-state index contributed by atoms with van der Waals surface area (Å²) in [7, 11) is 4.21. The summed E-state index contributed by atoms with van der Waals surface area (Å²) in [5.41, 5.74) is 8.38. The Morgan fingerprint density at radius 2 is 1.91 bits per heavy atom. The molecule has 1 fully saturated rings. The molecule has 0 amide bonds. The Morgan fingerprint density at radius 1 is 1.27 bits per heavy atom. The molecule has 2 rings (SSSR count). The van der Waals surface area contributed by atoms with Gasteiger partial charge in [-0.05, 0) is 51.1 Å². The van der Waals surface area contributed by atoms with Crippen molar-refractivity contribution in [1.29, 1.82) is 0 Å². The molecule has 5 heteroatoms. The maximum Gasteiger partial charge on any atom is 0.193 e. The first-order valence-corrected chi connectivity index (χ1v) is 7.97. The van der Waals surface area contributed by atoms with Crippen LogP contribution in [0.5, 0.6) is 0 Å². The van der Waals surface area contributed by atoms with Gasteiger partial charge in [-0.3, -0.25) is 4.99 Å². The van der Waals surface area contributed by atoms with Crippen LogP contribution >= 0.6 is 0 Å². The zero-order valence-corrected chi connectivity index (χ0v) is 13.9. The normalized spacial score (nSPS) is 18.5. The number of nitrogens with one attached hydrogen (secondary N) is 1. The lowest BCUT2D eigenvalue weighted by Gasteiger charge is -2.41. The van der Waals surface area contributed by atoms with E-state index in [4.69, 9.17) is 10.5 Å². The first-order chi connectivity index (χ1) is 10.6. The lowest BCUT2D eigenvalue weighted by molar-refractivity contribution is -0.00249. The van der Waals surface area contributed by atoms with Gasteiger partial charge in [-0.2, -0.15) is 0 Å². The molecular weight excluding hydrogens is 276 g/mol. The van der Waals surface area contributed by atoms with Crippen molar-refractivity contribution in [3.63, 3.8) is 0 Å². The lowest BCUT2D eigenvalue weighted by Crippen LogP contribution is -2.51. The van der Waals surface area contributed by atoms with Crippen molar-refractivity contribution >= 4 is 11.6 Å². The molecular formula is C17H28N4O. The van der Waals surface area contributed by atoms with Crippen molar-refractivity contribution < 1.29 is 4.74 Å². The fourth-order valence-corrected chi connectivity index (χ4v) is 2.74. The maximum atomic E-state index is 6.04. The number of hydrogen-bond acceptors (Lipinski definition) is 3. The third-order valence-electron chi connectivity index (χ3n) is 4.55. The number of hydrogen-bond donors (Lipinski definition) is 2. The number of nitrogens with zero attached hydrogens (tertiary/aromatic N) is 2.